The van der Waals surface area contributed by atoms with Crippen LogP contribution >= 0.6 is 0 Å². The number of amides is 1. The van der Waals surface area contributed by atoms with Gasteiger partial charge in [-0.05, 0) is 55.9 Å². The van der Waals surface area contributed by atoms with Gasteiger partial charge >= 0.3 is 5.97 Å². The number of carboxylic acids is 1. The lowest BCUT2D eigenvalue weighted by Gasteiger charge is -2.28. The van der Waals surface area contributed by atoms with E-state index in [0.717, 1.165) is 45.3 Å². The summed E-state index contributed by atoms with van der Waals surface area (Å²) in [5.41, 5.74) is 2.70. The number of carbonyl (C=O) groups excluding carboxylic acids is 1. The van der Waals surface area contributed by atoms with Crippen molar-refractivity contribution >= 4 is 17.8 Å². The molecule has 3 N–H and O–H groups in total. The van der Waals surface area contributed by atoms with Crippen LogP contribution < -0.4 is 15.7 Å². The molecule has 0 bridgehead atoms. The molecule has 1 amide bonds. The standard InChI is InChI=1S/C25H39N5O5/c1-15(2)14-34-16(3)35-29-23(31)18-9-27-25(28-10-18)30-12-20-19(21(20)13-30)11-26-22(24(32)33)17-7-5-4-6-8-17/h9-10,15-17,19-22,26H,4-8,11-14H2,1-3H3,(H,29,31)(H,32,33)/t16?,19?,20?,21?,22-/m0/s1. The number of hydrogen-bond acceptors (Lipinski definition) is 8. The van der Waals surface area contributed by atoms with Gasteiger partial charge < -0.3 is 20.1 Å². The second-order valence-corrected chi connectivity index (χ2v) is 10.6. The van der Waals surface area contributed by atoms with Gasteiger partial charge in [-0.25, -0.2) is 20.3 Å². The first-order valence-corrected chi connectivity index (χ1v) is 12.9. The van der Waals surface area contributed by atoms with E-state index in [1.807, 2.05) is 13.8 Å². The number of nitrogens with one attached hydrogen (secondary N) is 2. The third-order valence-corrected chi connectivity index (χ3v) is 7.50. The highest BCUT2D eigenvalue weighted by Crippen LogP contribution is 2.51. The molecule has 4 rings (SSSR count). The number of anilines is 1. The minimum Gasteiger partial charge on any atom is -0.480 e. The number of piperidine rings is 1. The van der Waals surface area contributed by atoms with Crippen LogP contribution in [0.25, 0.3) is 0 Å². The van der Waals surface area contributed by atoms with Crippen LogP contribution in [0.15, 0.2) is 12.4 Å². The van der Waals surface area contributed by atoms with Gasteiger partial charge in [0.2, 0.25) is 5.95 Å². The highest BCUT2D eigenvalue weighted by molar-refractivity contribution is 5.92. The van der Waals surface area contributed by atoms with Crippen molar-refractivity contribution in [3.63, 3.8) is 0 Å². The number of aliphatic carboxylic acids is 1. The Kier molecular flexibility index (Phi) is 8.56. The lowest BCUT2D eigenvalue weighted by Crippen LogP contribution is -2.45. The van der Waals surface area contributed by atoms with Crippen LogP contribution in [0.5, 0.6) is 0 Å². The molecule has 1 aromatic rings. The van der Waals surface area contributed by atoms with Crippen molar-refractivity contribution in [1.82, 2.24) is 20.8 Å². The molecule has 194 valence electrons. The van der Waals surface area contributed by atoms with E-state index in [0.29, 0.717) is 41.8 Å². The van der Waals surface area contributed by atoms with Crippen molar-refractivity contribution in [3.8, 4) is 0 Å². The molecule has 1 aromatic heterocycles. The van der Waals surface area contributed by atoms with Crippen LogP contribution in [0.3, 0.4) is 0 Å². The van der Waals surface area contributed by atoms with Crippen molar-refractivity contribution in [2.24, 2.45) is 29.6 Å². The number of fused-ring (bicyclic) bond motifs is 1. The third kappa shape index (κ3) is 6.68. The Bertz CT molecular complexity index is 848. The number of nitrogens with zero attached hydrogens (tertiary/aromatic N) is 3. The molecule has 0 radical (unpaired) electrons. The maximum Gasteiger partial charge on any atom is 0.320 e. The molecule has 2 aliphatic carbocycles. The van der Waals surface area contributed by atoms with Crippen LogP contribution in [0, 0.1) is 29.6 Å². The third-order valence-electron chi connectivity index (χ3n) is 7.50. The van der Waals surface area contributed by atoms with Gasteiger partial charge in [0.1, 0.15) is 6.04 Å². The van der Waals surface area contributed by atoms with E-state index in [-0.39, 0.29) is 5.92 Å². The topological polar surface area (TPSA) is 126 Å². The summed E-state index contributed by atoms with van der Waals surface area (Å²) in [7, 11) is 0. The zero-order chi connectivity index (χ0) is 24.9. The average Bonchev–Trinajstić information content (AvgIpc) is 3.29. The Balaban J connectivity index is 1.19. The minimum absolute atomic E-state index is 0.252. The summed E-state index contributed by atoms with van der Waals surface area (Å²) >= 11 is 0. The van der Waals surface area contributed by atoms with Crippen LogP contribution in [-0.4, -0.2) is 65.5 Å². The number of carboxylic acid groups (broad SMARTS) is 1. The van der Waals surface area contributed by atoms with E-state index in [2.05, 4.69) is 25.7 Å². The number of rotatable bonds is 12. The molecule has 10 nitrogen and oxygen atoms in total. The van der Waals surface area contributed by atoms with Gasteiger partial charge in [0, 0.05) is 25.5 Å². The lowest BCUT2D eigenvalue weighted by atomic mass is 9.84. The van der Waals surface area contributed by atoms with Crippen LogP contribution in [0.2, 0.25) is 0 Å². The Labute approximate surface area is 207 Å². The molecule has 4 atom stereocenters. The van der Waals surface area contributed by atoms with E-state index in [4.69, 9.17) is 9.57 Å². The van der Waals surface area contributed by atoms with Crippen LogP contribution in [0.1, 0.15) is 63.2 Å². The first-order chi connectivity index (χ1) is 16.8. The molecular formula is C25H39N5O5. The monoisotopic (exact) mass is 489 g/mol. The van der Waals surface area contributed by atoms with Gasteiger partial charge in [0.25, 0.3) is 5.91 Å². The second kappa shape index (κ2) is 11.6. The Morgan fingerprint density at radius 1 is 1.11 bits per heavy atom. The number of hydrogen-bond donors (Lipinski definition) is 3. The molecule has 10 heteroatoms. The van der Waals surface area contributed by atoms with Crippen molar-refractivity contribution in [2.75, 3.05) is 31.1 Å². The quantitative estimate of drug-likeness (QED) is 0.300. The van der Waals surface area contributed by atoms with Crippen molar-refractivity contribution < 1.29 is 24.3 Å². The van der Waals surface area contributed by atoms with Gasteiger partial charge in [-0.1, -0.05) is 33.1 Å². The molecule has 2 heterocycles. The van der Waals surface area contributed by atoms with Crippen molar-refractivity contribution in [2.45, 2.75) is 65.2 Å². The van der Waals surface area contributed by atoms with Crippen molar-refractivity contribution in [3.05, 3.63) is 18.0 Å². The summed E-state index contributed by atoms with van der Waals surface area (Å²) in [6.45, 7) is 8.83. The minimum atomic E-state index is -0.718. The van der Waals surface area contributed by atoms with Gasteiger partial charge in [-0.15, -0.1) is 0 Å². The van der Waals surface area contributed by atoms with Crippen LogP contribution in [0.4, 0.5) is 5.95 Å². The van der Waals surface area contributed by atoms with E-state index in [1.54, 1.807) is 6.92 Å². The number of ether oxygens (including phenoxy) is 1. The van der Waals surface area contributed by atoms with E-state index >= 15 is 0 Å². The Morgan fingerprint density at radius 3 is 2.37 bits per heavy atom. The largest absolute Gasteiger partial charge is 0.480 e. The van der Waals surface area contributed by atoms with Crippen LogP contribution in [-0.2, 0) is 14.4 Å². The summed E-state index contributed by atoms with van der Waals surface area (Å²) in [6, 6.07) is -0.427. The second-order valence-electron chi connectivity index (χ2n) is 10.6. The maximum absolute atomic E-state index is 12.3. The predicted molar refractivity (Wildman–Crippen MR) is 130 cm³/mol. The molecule has 35 heavy (non-hydrogen) atoms. The predicted octanol–water partition coefficient (Wildman–Crippen LogP) is 2.46. The molecule has 0 aromatic carbocycles. The molecule has 3 unspecified atom stereocenters. The van der Waals surface area contributed by atoms with Gasteiger partial charge in [0.05, 0.1) is 12.2 Å². The molecule has 0 spiro atoms. The zero-order valence-corrected chi connectivity index (χ0v) is 21.0. The first kappa shape index (κ1) is 25.8. The van der Waals surface area contributed by atoms with E-state index in [1.165, 1.54) is 18.8 Å². The number of hydroxylamine groups is 1. The molecule has 2 saturated carbocycles. The van der Waals surface area contributed by atoms with Gasteiger partial charge in [-0.3, -0.25) is 9.59 Å². The lowest BCUT2D eigenvalue weighted by molar-refractivity contribution is -0.163. The van der Waals surface area contributed by atoms with Gasteiger partial charge in [0.15, 0.2) is 6.29 Å². The first-order valence-electron chi connectivity index (χ1n) is 12.9. The van der Waals surface area contributed by atoms with E-state index < -0.39 is 24.2 Å². The molecule has 1 aliphatic heterocycles. The Hall–Kier alpha value is -2.30. The highest BCUT2D eigenvalue weighted by atomic mass is 16.8. The fourth-order valence-corrected chi connectivity index (χ4v) is 5.46. The maximum atomic E-state index is 12.3. The smallest absolute Gasteiger partial charge is 0.320 e. The summed E-state index contributed by atoms with van der Waals surface area (Å²) in [5.74, 6) is 1.69. The van der Waals surface area contributed by atoms with Gasteiger partial charge in [-0.2, -0.15) is 0 Å². The summed E-state index contributed by atoms with van der Waals surface area (Å²) in [5, 5.41) is 13.1. The average molecular weight is 490 g/mol. The summed E-state index contributed by atoms with van der Waals surface area (Å²) in [4.78, 5) is 40.2. The fourth-order valence-electron chi connectivity index (χ4n) is 5.46. The fraction of sp³-hybridized carbons (Fsp3) is 0.760. The summed E-state index contributed by atoms with van der Waals surface area (Å²) in [6.07, 6.45) is 7.98. The van der Waals surface area contributed by atoms with E-state index in [9.17, 15) is 14.7 Å². The number of carbonyl (C=O) groups is 2. The van der Waals surface area contributed by atoms with Crippen molar-refractivity contribution in [1.29, 1.82) is 0 Å². The highest BCUT2D eigenvalue weighted by Gasteiger charge is 2.56. The normalized spacial score (nSPS) is 25.8. The SMILES string of the molecule is CC(C)COC(C)ONC(=O)c1cnc(N2CC3C(CN[C@H](C(=O)O)C4CCCCC4)C3C2)nc1. The molecular weight excluding hydrogens is 450 g/mol. The number of aromatic nitrogens is 2. The zero-order valence-electron chi connectivity index (χ0n) is 21.0. The molecule has 3 fully saturated rings. The molecule has 3 aliphatic rings. The Morgan fingerprint density at radius 2 is 1.77 bits per heavy atom. The molecule has 1 saturated heterocycles. The summed E-state index contributed by atoms with van der Waals surface area (Å²) < 4.78 is 5.46.